The molecular weight excluding hydrogens is 300 g/mol. The molecule has 0 fully saturated rings. The van der Waals surface area contributed by atoms with Crippen LogP contribution in [-0.2, 0) is 17.4 Å². The van der Waals surface area contributed by atoms with E-state index in [4.69, 9.17) is 10.5 Å². The number of cyclic esters (lactones) is 1. The maximum atomic E-state index is 12.3. The summed E-state index contributed by atoms with van der Waals surface area (Å²) >= 11 is 0. The number of carbonyl (C=O) groups is 1. The minimum atomic E-state index is -0.694. The van der Waals surface area contributed by atoms with Crippen molar-refractivity contribution in [3.8, 4) is 11.1 Å². The molecule has 0 radical (unpaired) electrons. The number of carbonyl (C=O) groups excluding carboxylic acids is 1. The van der Waals surface area contributed by atoms with E-state index in [1.54, 1.807) is 12.1 Å². The summed E-state index contributed by atoms with van der Waals surface area (Å²) in [5.41, 5.74) is 12.1. The van der Waals surface area contributed by atoms with Crippen molar-refractivity contribution in [1.82, 2.24) is 4.57 Å². The largest absolute Gasteiger partial charge is 0.451 e. The average Bonchev–Trinajstić information content (AvgIpc) is 2.92. The van der Waals surface area contributed by atoms with Crippen molar-refractivity contribution in [1.29, 1.82) is 0 Å². The molecule has 0 aliphatic carbocycles. The Morgan fingerprint density at radius 3 is 2.54 bits per heavy atom. The number of anilines is 1. The Morgan fingerprint density at radius 1 is 1.08 bits per heavy atom. The summed E-state index contributed by atoms with van der Waals surface area (Å²) in [5, 5.41) is 1.13. The molecule has 24 heavy (non-hydrogen) atoms. The number of nitrogens with zero attached hydrogens (tertiary/aromatic N) is 1. The van der Waals surface area contributed by atoms with Crippen molar-refractivity contribution in [2.45, 2.75) is 26.4 Å². The minimum Gasteiger partial charge on any atom is -0.451 e. The van der Waals surface area contributed by atoms with Gasteiger partial charge in [0.05, 0.1) is 5.56 Å². The maximum Gasteiger partial charge on any atom is 0.339 e. The molecule has 2 aromatic carbocycles. The summed E-state index contributed by atoms with van der Waals surface area (Å²) in [5.74, 6) is -0.283. The first-order chi connectivity index (χ1) is 11.3. The van der Waals surface area contributed by atoms with E-state index in [0.717, 1.165) is 33.3 Å². The molecule has 0 atom stereocenters. The fourth-order valence-electron chi connectivity index (χ4n) is 3.86. The van der Waals surface area contributed by atoms with Crippen molar-refractivity contribution in [2.75, 3.05) is 5.73 Å². The van der Waals surface area contributed by atoms with Gasteiger partial charge >= 0.3 is 5.97 Å². The standard InChI is InChI=1S/C20H20N2O2/c1-11-16(12-7-5-6-8-15(12)22(11)4)17-14(21)10-9-13-18(17)20(2,3)24-19(13)23/h5-10H,21H2,1-4H3. The summed E-state index contributed by atoms with van der Waals surface area (Å²) in [6.45, 7) is 5.92. The van der Waals surface area contributed by atoms with Crippen molar-refractivity contribution in [3.63, 3.8) is 0 Å². The van der Waals surface area contributed by atoms with Gasteiger partial charge < -0.3 is 15.0 Å². The fourth-order valence-corrected chi connectivity index (χ4v) is 3.86. The molecule has 4 rings (SSSR count). The first kappa shape index (κ1) is 14.8. The first-order valence-corrected chi connectivity index (χ1v) is 8.03. The number of nitrogen functional groups attached to an aromatic ring is 1. The smallest absolute Gasteiger partial charge is 0.339 e. The zero-order chi connectivity index (χ0) is 17.2. The number of benzene rings is 2. The van der Waals surface area contributed by atoms with Gasteiger partial charge in [0.2, 0.25) is 0 Å². The second-order valence-corrected chi connectivity index (χ2v) is 6.89. The predicted octanol–water partition coefficient (Wildman–Crippen LogP) is 4.14. The molecule has 2 N–H and O–H groups in total. The van der Waals surface area contributed by atoms with Crippen LogP contribution in [0.15, 0.2) is 36.4 Å². The van der Waals surface area contributed by atoms with Gasteiger partial charge in [0, 0.05) is 46.0 Å². The van der Waals surface area contributed by atoms with Crippen LogP contribution in [0, 0.1) is 6.92 Å². The number of rotatable bonds is 1. The van der Waals surface area contributed by atoms with Gasteiger partial charge in [-0.25, -0.2) is 4.79 Å². The number of hydrogen-bond acceptors (Lipinski definition) is 3. The highest BCUT2D eigenvalue weighted by Gasteiger charge is 2.41. The summed E-state index contributed by atoms with van der Waals surface area (Å²) in [6, 6.07) is 11.8. The monoisotopic (exact) mass is 320 g/mol. The Labute approximate surface area is 140 Å². The van der Waals surface area contributed by atoms with E-state index in [-0.39, 0.29) is 5.97 Å². The molecular formula is C20H20N2O2. The number of esters is 1. The quantitative estimate of drug-likeness (QED) is 0.541. The number of hydrogen-bond donors (Lipinski definition) is 1. The number of aryl methyl sites for hydroxylation is 1. The minimum absolute atomic E-state index is 0.283. The average molecular weight is 320 g/mol. The van der Waals surface area contributed by atoms with Gasteiger partial charge in [0.25, 0.3) is 0 Å². The van der Waals surface area contributed by atoms with E-state index in [1.165, 1.54) is 0 Å². The van der Waals surface area contributed by atoms with Gasteiger partial charge in [-0.15, -0.1) is 0 Å². The molecule has 0 saturated carbocycles. The van der Waals surface area contributed by atoms with Crippen LogP contribution in [0.2, 0.25) is 0 Å². The lowest BCUT2D eigenvalue weighted by Gasteiger charge is -2.22. The van der Waals surface area contributed by atoms with Gasteiger partial charge in [0.15, 0.2) is 0 Å². The van der Waals surface area contributed by atoms with E-state index >= 15 is 0 Å². The molecule has 1 aliphatic heterocycles. The lowest BCUT2D eigenvalue weighted by molar-refractivity contribution is 0.00971. The zero-order valence-corrected chi connectivity index (χ0v) is 14.3. The normalized spacial score (nSPS) is 15.6. The third-order valence-corrected chi connectivity index (χ3v) is 5.06. The van der Waals surface area contributed by atoms with Gasteiger partial charge in [0.1, 0.15) is 5.60 Å². The Balaban J connectivity index is 2.18. The van der Waals surface area contributed by atoms with E-state index in [2.05, 4.69) is 23.6 Å². The van der Waals surface area contributed by atoms with E-state index in [0.29, 0.717) is 11.3 Å². The van der Waals surface area contributed by atoms with Crippen LogP contribution >= 0.6 is 0 Å². The molecule has 0 amide bonds. The predicted molar refractivity (Wildman–Crippen MR) is 95.9 cm³/mol. The van der Waals surface area contributed by atoms with Crippen LogP contribution in [0.1, 0.15) is 35.5 Å². The van der Waals surface area contributed by atoms with Crippen LogP contribution in [-0.4, -0.2) is 10.5 Å². The topological polar surface area (TPSA) is 57.2 Å². The molecule has 3 aromatic rings. The van der Waals surface area contributed by atoms with Crippen LogP contribution in [0.25, 0.3) is 22.0 Å². The van der Waals surface area contributed by atoms with E-state index < -0.39 is 5.60 Å². The van der Waals surface area contributed by atoms with Crippen molar-refractivity contribution in [3.05, 3.63) is 53.2 Å². The van der Waals surface area contributed by atoms with Gasteiger partial charge in [-0.1, -0.05) is 18.2 Å². The number of aromatic nitrogens is 1. The Hall–Kier alpha value is -2.75. The SMILES string of the molecule is Cc1c(-c2c(N)ccc3c2C(C)(C)OC3=O)c2ccccc2n1C. The molecule has 0 saturated heterocycles. The Bertz CT molecular complexity index is 1010. The fraction of sp³-hybridized carbons (Fsp3) is 0.250. The molecule has 1 aliphatic rings. The van der Waals surface area contributed by atoms with Gasteiger partial charge in [-0.2, -0.15) is 0 Å². The lowest BCUT2D eigenvalue weighted by atomic mass is 9.85. The zero-order valence-electron chi connectivity index (χ0n) is 14.3. The first-order valence-electron chi connectivity index (χ1n) is 8.03. The van der Waals surface area contributed by atoms with Gasteiger partial charge in [-0.05, 0) is 39.0 Å². The number of fused-ring (bicyclic) bond motifs is 2. The number of nitrogens with two attached hydrogens (primary N) is 1. The lowest BCUT2D eigenvalue weighted by Crippen LogP contribution is -2.17. The van der Waals surface area contributed by atoms with E-state index in [9.17, 15) is 4.79 Å². The summed E-state index contributed by atoms with van der Waals surface area (Å²) in [6.07, 6.45) is 0. The summed E-state index contributed by atoms with van der Waals surface area (Å²) in [7, 11) is 2.05. The van der Waals surface area contributed by atoms with Crippen LogP contribution in [0.4, 0.5) is 5.69 Å². The molecule has 1 aromatic heterocycles. The van der Waals surface area contributed by atoms with Gasteiger partial charge in [-0.3, -0.25) is 0 Å². The van der Waals surface area contributed by atoms with Crippen LogP contribution < -0.4 is 5.73 Å². The maximum absolute atomic E-state index is 12.3. The highest BCUT2D eigenvalue weighted by Crippen LogP contribution is 2.47. The van der Waals surface area contributed by atoms with Crippen molar-refractivity contribution < 1.29 is 9.53 Å². The van der Waals surface area contributed by atoms with Crippen LogP contribution in [0.5, 0.6) is 0 Å². The highest BCUT2D eigenvalue weighted by molar-refractivity contribution is 6.06. The molecule has 0 bridgehead atoms. The highest BCUT2D eigenvalue weighted by atomic mass is 16.6. The Kier molecular flexibility index (Phi) is 2.86. The second-order valence-electron chi connectivity index (χ2n) is 6.89. The van der Waals surface area contributed by atoms with Crippen molar-refractivity contribution >= 4 is 22.6 Å². The summed E-state index contributed by atoms with van der Waals surface area (Å²) in [4.78, 5) is 12.3. The third kappa shape index (κ3) is 1.77. The molecule has 4 nitrogen and oxygen atoms in total. The van der Waals surface area contributed by atoms with Crippen molar-refractivity contribution in [2.24, 2.45) is 7.05 Å². The molecule has 122 valence electrons. The molecule has 2 heterocycles. The number of para-hydroxylation sites is 1. The molecule has 0 unspecified atom stereocenters. The van der Waals surface area contributed by atoms with E-state index in [1.807, 2.05) is 33.0 Å². The molecule has 0 spiro atoms. The third-order valence-electron chi connectivity index (χ3n) is 5.06. The number of ether oxygens (including phenoxy) is 1. The van der Waals surface area contributed by atoms with Crippen LogP contribution in [0.3, 0.4) is 0 Å². The Morgan fingerprint density at radius 2 is 1.79 bits per heavy atom. The second kappa shape index (κ2) is 4.63. The molecule has 4 heteroatoms. The summed E-state index contributed by atoms with van der Waals surface area (Å²) < 4.78 is 7.75.